The van der Waals surface area contributed by atoms with Crippen LogP contribution in [0.2, 0.25) is 0 Å². The highest BCUT2D eigenvalue weighted by Crippen LogP contribution is 2.40. The van der Waals surface area contributed by atoms with Crippen molar-refractivity contribution in [3.8, 4) is 28.6 Å². The lowest BCUT2D eigenvalue weighted by atomic mass is 9.99. The van der Waals surface area contributed by atoms with Gasteiger partial charge in [0.15, 0.2) is 12.0 Å². The number of alkyl halides is 1. The fraction of sp³-hybridized carbons (Fsp3) is 0.435. The number of rotatable bonds is 6. The first-order valence-electron chi connectivity index (χ1n) is 10.8. The van der Waals surface area contributed by atoms with Crippen LogP contribution in [-0.2, 0) is 9.47 Å². The van der Waals surface area contributed by atoms with Crippen molar-refractivity contribution in [3.05, 3.63) is 48.3 Å². The van der Waals surface area contributed by atoms with Gasteiger partial charge >= 0.3 is 0 Å². The van der Waals surface area contributed by atoms with Crippen molar-refractivity contribution in [2.24, 2.45) is 0 Å². The number of halogens is 1. The van der Waals surface area contributed by atoms with E-state index in [-0.39, 0.29) is 17.7 Å². The number of piperidine rings is 1. The largest absolute Gasteiger partial charge is 0.507 e. The molecule has 2 bridgehead atoms. The van der Waals surface area contributed by atoms with Crippen LogP contribution in [-0.4, -0.2) is 69.5 Å². The Morgan fingerprint density at radius 2 is 1.97 bits per heavy atom. The second-order valence-corrected chi connectivity index (χ2v) is 8.46. The first kappa shape index (κ1) is 21.7. The molecule has 2 aliphatic heterocycles. The maximum Gasteiger partial charge on any atom is 0.233 e. The van der Waals surface area contributed by atoms with Gasteiger partial charge in [0.1, 0.15) is 11.9 Å². The van der Waals surface area contributed by atoms with Crippen LogP contribution in [0.5, 0.6) is 11.6 Å². The minimum atomic E-state index is -1.34. The molecule has 174 valence electrons. The number of aryl methyl sites for hydroxylation is 1. The number of nitrogens with one attached hydrogen (secondary N) is 1. The molecular weight excluding hydrogens is 429 g/mol. The molecule has 4 unspecified atom stereocenters. The van der Waals surface area contributed by atoms with Crippen LogP contribution < -0.4 is 10.1 Å². The average Bonchev–Trinajstić information content (AvgIpc) is 3.40. The van der Waals surface area contributed by atoms with Gasteiger partial charge in [-0.3, -0.25) is 0 Å². The molecule has 2 aromatic heterocycles. The Bertz CT molecular complexity index is 1130. The van der Waals surface area contributed by atoms with Crippen molar-refractivity contribution >= 4 is 0 Å². The predicted molar refractivity (Wildman–Crippen MR) is 117 cm³/mol. The molecule has 9 nitrogen and oxygen atoms in total. The number of fused-ring (bicyclic) bond motifs is 2. The third-order valence-corrected chi connectivity index (χ3v) is 6.46. The van der Waals surface area contributed by atoms with E-state index in [0.29, 0.717) is 24.1 Å². The highest BCUT2D eigenvalue weighted by Gasteiger charge is 2.58. The van der Waals surface area contributed by atoms with E-state index in [9.17, 15) is 5.11 Å². The lowest BCUT2D eigenvalue weighted by Gasteiger charge is -2.37. The van der Waals surface area contributed by atoms with Crippen LogP contribution in [0.4, 0.5) is 4.39 Å². The summed E-state index contributed by atoms with van der Waals surface area (Å²) >= 11 is 0. The number of phenolic OH excluding ortho intramolecular Hbond substituents is 1. The quantitative estimate of drug-likeness (QED) is 0.547. The second kappa shape index (κ2) is 8.36. The van der Waals surface area contributed by atoms with Gasteiger partial charge in [0, 0.05) is 57.0 Å². The number of benzene rings is 1. The molecule has 0 saturated carbocycles. The summed E-state index contributed by atoms with van der Waals surface area (Å²) in [6.45, 7) is 1.90. The van der Waals surface area contributed by atoms with E-state index < -0.39 is 24.1 Å². The number of aromatic nitrogens is 4. The Labute approximate surface area is 190 Å². The maximum atomic E-state index is 15.2. The lowest BCUT2D eigenvalue weighted by molar-refractivity contribution is -0.221. The second-order valence-electron chi connectivity index (χ2n) is 8.46. The Morgan fingerprint density at radius 3 is 2.61 bits per heavy atom. The van der Waals surface area contributed by atoms with Crippen molar-refractivity contribution in [3.63, 3.8) is 0 Å². The molecule has 1 aromatic carbocycles. The summed E-state index contributed by atoms with van der Waals surface area (Å²) in [7, 11) is 3.05. The van der Waals surface area contributed by atoms with Crippen LogP contribution in [0.25, 0.3) is 16.9 Å². The van der Waals surface area contributed by atoms with E-state index >= 15 is 4.39 Å². The predicted octanol–water partition coefficient (Wildman–Crippen LogP) is 2.55. The van der Waals surface area contributed by atoms with E-state index in [2.05, 4.69) is 20.6 Å². The minimum absolute atomic E-state index is 0.0215. The van der Waals surface area contributed by atoms with Crippen molar-refractivity contribution < 1.29 is 23.7 Å². The van der Waals surface area contributed by atoms with Crippen molar-refractivity contribution in [1.29, 1.82) is 0 Å². The zero-order valence-electron chi connectivity index (χ0n) is 18.6. The molecule has 2 N–H and O–H groups in total. The number of nitrogens with zero attached hydrogens (tertiary/aromatic N) is 4. The zero-order valence-corrected chi connectivity index (χ0v) is 18.6. The summed E-state index contributed by atoms with van der Waals surface area (Å²) in [5, 5.41) is 26.4. The molecule has 2 aliphatic rings. The van der Waals surface area contributed by atoms with Crippen LogP contribution in [0.3, 0.4) is 0 Å². The number of ether oxygens (including phenoxy) is 3. The van der Waals surface area contributed by atoms with Crippen LogP contribution >= 0.6 is 0 Å². The molecule has 4 atom stereocenters. The molecule has 4 heterocycles. The SMILES string of the molecule is COC1(OC)CC2CC(Oc3ccc(-c4ccc(-n5ccc(C)n5)cc4O)nn3)C(F)C1N2. The highest BCUT2D eigenvalue weighted by molar-refractivity contribution is 5.68. The van der Waals surface area contributed by atoms with E-state index in [4.69, 9.17) is 14.2 Å². The van der Waals surface area contributed by atoms with Crippen LogP contribution in [0.15, 0.2) is 42.6 Å². The molecule has 2 fully saturated rings. The Hall–Kier alpha value is -3.08. The van der Waals surface area contributed by atoms with Gasteiger partial charge in [0.2, 0.25) is 5.88 Å². The van der Waals surface area contributed by atoms with Gasteiger partial charge in [0.25, 0.3) is 0 Å². The fourth-order valence-electron chi connectivity index (χ4n) is 4.76. The summed E-state index contributed by atoms with van der Waals surface area (Å²) in [5.74, 6) is -0.731. The van der Waals surface area contributed by atoms with Gasteiger partial charge in [-0.05, 0) is 31.2 Å². The highest BCUT2D eigenvalue weighted by atomic mass is 19.1. The first-order valence-corrected chi connectivity index (χ1v) is 10.8. The zero-order chi connectivity index (χ0) is 23.2. The Morgan fingerprint density at radius 1 is 1.15 bits per heavy atom. The van der Waals surface area contributed by atoms with E-state index in [1.54, 1.807) is 28.9 Å². The summed E-state index contributed by atoms with van der Waals surface area (Å²) < 4.78 is 33.8. The van der Waals surface area contributed by atoms with E-state index in [1.807, 2.05) is 25.3 Å². The number of methoxy groups -OCH3 is 2. The van der Waals surface area contributed by atoms with Gasteiger partial charge in [-0.15, -0.1) is 10.2 Å². The molecule has 0 radical (unpaired) electrons. The van der Waals surface area contributed by atoms with Gasteiger partial charge in [-0.1, -0.05) is 0 Å². The molecule has 2 saturated heterocycles. The molecule has 5 rings (SSSR count). The first-order chi connectivity index (χ1) is 15.9. The summed E-state index contributed by atoms with van der Waals surface area (Å²) in [4.78, 5) is 0. The molecule has 3 aromatic rings. The number of phenols is 1. The molecule has 0 aliphatic carbocycles. The van der Waals surface area contributed by atoms with Crippen molar-refractivity contribution in [2.75, 3.05) is 14.2 Å². The summed E-state index contributed by atoms with van der Waals surface area (Å²) in [6, 6.07) is 9.80. The van der Waals surface area contributed by atoms with Gasteiger partial charge in [0.05, 0.1) is 23.1 Å². The molecule has 0 spiro atoms. The van der Waals surface area contributed by atoms with Gasteiger partial charge in [-0.25, -0.2) is 9.07 Å². The molecule has 33 heavy (non-hydrogen) atoms. The van der Waals surface area contributed by atoms with Crippen LogP contribution in [0.1, 0.15) is 18.5 Å². The summed E-state index contributed by atoms with van der Waals surface area (Å²) in [5.41, 5.74) is 2.61. The van der Waals surface area contributed by atoms with Gasteiger partial charge in [-0.2, -0.15) is 5.10 Å². The topological polar surface area (TPSA) is 104 Å². The van der Waals surface area contributed by atoms with Crippen molar-refractivity contribution in [2.45, 2.75) is 49.9 Å². The summed E-state index contributed by atoms with van der Waals surface area (Å²) in [6.07, 6.45) is 0.795. The number of aromatic hydroxyl groups is 1. The third kappa shape index (κ3) is 3.84. The minimum Gasteiger partial charge on any atom is -0.507 e. The average molecular weight is 455 g/mol. The lowest BCUT2D eigenvalue weighted by Crippen LogP contribution is -2.58. The normalized spacial score (nSPS) is 25.8. The molecular formula is C23H26FN5O4. The Balaban J connectivity index is 1.31. The van der Waals surface area contributed by atoms with Crippen LogP contribution in [0, 0.1) is 6.92 Å². The standard InChI is InChI=1S/C23H26FN5O4/c1-13-8-9-29(28-13)15-4-5-16(18(30)11-15)17-6-7-20(27-26-17)33-19-10-14-12-23(31-2,32-3)22(25-14)21(19)24/h4-9,11,14,19,21-22,25,30H,10,12H2,1-3H3. The number of hydrogen-bond donors (Lipinski definition) is 2. The van der Waals surface area contributed by atoms with E-state index in [1.165, 1.54) is 14.2 Å². The fourth-order valence-corrected chi connectivity index (χ4v) is 4.76. The smallest absolute Gasteiger partial charge is 0.233 e. The Kier molecular flexibility index (Phi) is 5.51. The maximum absolute atomic E-state index is 15.2. The molecule has 0 amide bonds. The van der Waals surface area contributed by atoms with Crippen molar-refractivity contribution in [1.82, 2.24) is 25.3 Å². The van der Waals surface area contributed by atoms with Gasteiger partial charge < -0.3 is 24.6 Å². The van der Waals surface area contributed by atoms with E-state index in [0.717, 1.165) is 11.4 Å². The third-order valence-electron chi connectivity index (χ3n) is 6.46. The molecule has 10 heteroatoms. The monoisotopic (exact) mass is 455 g/mol. The number of hydrogen-bond acceptors (Lipinski definition) is 8.